The van der Waals surface area contributed by atoms with Crippen LogP contribution in [-0.2, 0) is 14.2 Å². The molecule has 4 nitrogen and oxygen atoms in total. The minimum atomic E-state index is -0.459. The maximum atomic E-state index is 9.77. The van der Waals surface area contributed by atoms with Gasteiger partial charge in [0.1, 0.15) is 12.2 Å². The Kier molecular flexibility index (Phi) is 4.12. The summed E-state index contributed by atoms with van der Waals surface area (Å²) in [6.07, 6.45) is -0.885. The first kappa shape index (κ1) is 10.9. The summed E-state index contributed by atoms with van der Waals surface area (Å²) in [6, 6.07) is 0. The summed E-state index contributed by atoms with van der Waals surface area (Å²) in [4.78, 5) is 0. The lowest BCUT2D eigenvalue weighted by Gasteiger charge is -2.37. The van der Waals surface area contributed by atoms with Gasteiger partial charge in [-0.25, -0.2) is 0 Å². The van der Waals surface area contributed by atoms with Crippen molar-refractivity contribution in [3.05, 3.63) is 0 Å². The van der Waals surface area contributed by atoms with E-state index in [1.54, 1.807) is 14.2 Å². The Labute approximate surface area is 78.8 Å². The summed E-state index contributed by atoms with van der Waals surface area (Å²) in [6.45, 7) is 2.97. The average Bonchev–Trinajstić information content (AvgIpc) is 2.12. The van der Waals surface area contributed by atoms with Gasteiger partial charge in [0, 0.05) is 20.1 Å². The van der Waals surface area contributed by atoms with Gasteiger partial charge < -0.3 is 19.3 Å². The van der Waals surface area contributed by atoms with Crippen molar-refractivity contribution in [2.24, 2.45) is 5.92 Å². The van der Waals surface area contributed by atoms with Crippen molar-refractivity contribution in [2.45, 2.75) is 25.2 Å². The van der Waals surface area contributed by atoms with Crippen molar-refractivity contribution < 1.29 is 19.3 Å². The van der Waals surface area contributed by atoms with Crippen LogP contribution in [-0.4, -0.2) is 50.9 Å². The van der Waals surface area contributed by atoms with Crippen molar-refractivity contribution >= 4 is 0 Å². The highest BCUT2D eigenvalue weighted by Crippen LogP contribution is 2.22. The lowest BCUT2D eigenvalue weighted by molar-refractivity contribution is -0.184. The second-order valence-electron chi connectivity index (χ2n) is 3.50. The molecule has 13 heavy (non-hydrogen) atoms. The molecule has 1 fully saturated rings. The Morgan fingerprint density at radius 2 is 2.15 bits per heavy atom. The van der Waals surface area contributed by atoms with E-state index in [-0.39, 0.29) is 18.1 Å². The van der Waals surface area contributed by atoms with Gasteiger partial charge in [-0.1, -0.05) is 6.92 Å². The molecule has 1 rings (SSSR count). The van der Waals surface area contributed by atoms with Gasteiger partial charge in [-0.2, -0.15) is 0 Å². The van der Waals surface area contributed by atoms with Crippen LogP contribution in [0.5, 0.6) is 0 Å². The predicted octanol–water partition coefficient (Wildman–Crippen LogP) is 0.0436. The number of rotatable bonds is 3. The molecule has 78 valence electrons. The van der Waals surface area contributed by atoms with Crippen LogP contribution in [0.4, 0.5) is 0 Å². The van der Waals surface area contributed by atoms with Crippen LogP contribution in [0.2, 0.25) is 0 Å². The minimum Gasteiger partial charge on any atom is -0.390 e. The maximum absolute atomic E-state index is 9.77. The van der Waals surface area contributed by atoms with Crippen LogP contribution in [0.25, 0.3) is 0 Å². The molecule has 0 amide bonds. The van der Waals surface area contributed by atoms with Crippen molar-refractivity contribution in [1.82, 2.24) is 0 Å². The Hall–Kier alpha value is -0.160. The molecule has 4 atom stereocenters. The molecule has 1 N–H and O–H groups in total. The largest absolute Gasteiger partial charge is 0.390 e. The summed E-state index contributed by atoms with van der Waals surface area (Å²) in [7, 11) is 3.19. The smallest absolute Gasteiger partial charge is 0.112 e. The van der Waals surface area contributed by atoms with E-state index in [1.807, 2.05) is 6.92 Å². The lowest BCUT2D eigenvalue weighted by atomic mass is 9.94. The zero-order chi connectivity index (χ0) is 9.84. The zero-order valence-electron chi connectivity index (χ0n) is 8.40. The Morgan fingerprint density at radius 1 is 1.46 bits per heavy atom. The van der Waals surface area contributed by atoms with Crippen LogP contribution in [0, 0.1) is 5.92 Å². The second-order valence-corrected chi connectivity index (χ2v) is 3.50. The highest BCUT2D eigenvalue weighted by atomic mass is 16.6. The number of aliphatic hydroxyl groups excluding tert-OH is 1. The van der Waals surface area contributed by atoms with E-state index in [2.05, 4.69) is 0 Å². The molecule has 4 heteroatoms. The standard InChI is InChI=1S/C9H18O4/c1-6-4-13-7(5-11-2)9(12-3)8(6)10/h6-10H,4-5H2,1-3H3/t6-,7-,8+,9-/m1/s1. The third-order valence-corrected chi connectivity index (χ3v) is 2.46. The third kappa shape index (κ3) is 2.40. The molecule has 0 spiro atoms. The summed E-state index contributed by atoms with van der Waals surface area (Å²) in [5, 5.41) is 9.77. The Bertz CT molecular complexity index is 151. The number of hydrogen-bond acceptors (Lipinski definition) is 4. The molecule has 1 aliphatic heterocycles. The average molecular weight is 190 g/mol. The SMILES string of the molecule is COC[C@H]1OC[C@@H](C)[C@H](O)[C@@H]1OC. The molecule has 0 radical (unpaired) electrons. The van der Waals surface area contributed by atoms with Crippen LogP contribution >= 0.6 is 0 Å². The molecule has 0 unspecified atom stereocenters. The number of aliphatic hydroxyl groups is 1. The molecule has 1 heterocycles. The fourth-order valence-electron chi connectivity index (χ4n) is 1.61. The molecule has 0 aromatic rings. The summed E-state index contributed by atoms with van der Waals surface area (Å²) in [5.41, 5.74) is 0. The molecule has 0 saturated carbocycles. The third-order valence-electron chi connectivity index (χ3n) is 2.46. The highest BCUT2D eigenvalue weighted by molar-refractivity contribution is 4.85. The minimum absolute atomic E-state index is 0.123. The molecular formula is C9H18O4. The topological polar surface area (TPSA) is 47.9 Å². The fraction of sp³-hybridized carbons (Fsp3) is 1.00. The van der Waals surface area contributed by atoms with Crippen molar-refractivity contribution in [1.29, 1.82) is 0 Å². The van der Waals surface area contributed by atoms with Crippen LogP contribution in [0.3, 0.4) is 0 Å². The molecule has 1 aliphatic rings. The lowest BCUT2D eigenvalue weighted by Crippen LogP contribution is -2.51. The number of ether oxygens (including phenoxy) is 3. The fourth-order valence-corrected chi connectivity index (χ4v) is 1.61. The van der Waals surface area contributed by atoms with Crippen molar-refractivity contribution in [3.63, 3.8) is 0 Å². The van der Waals surface area contributed by atoms with E-state index in [1.165, 1.54) is 0 Å². The Balaban J connectivity index is 2.55. The zero-order valence-corrected chi connectivity index (χ0v) is 8.40. The molecule has 0 aliphatic carbocycles. The normalized spacial score (nSPS) is 40.6. The predicted molar refractivity (Wildman–Crippen MR) is 47.6 cm³/mol. The van der Waals surface area contributed by atoms with Crippen molar-refractivity contribution in [3.8, 4) is 0 Å². The number of hydrogen-bond donors (Lipinski definition) is 1. The first-order chi connectivity index (χ1) is 6.20. The van der Waals surface area contributed by atoms with Gasteiger partial charge in [-0.15, -0.1) is 0 Å². The van der Waals surface area contributed by atoms with Gasteiger partial charge in [0.15, 0.2) is 0 Å². The van der Waals surface area contributed by atoms with E-state index < -0.39 is 6.10 Å². The van der Waals surface area contributed by atoms with E-state index >= 15 is 0 Å². The van der Waals surface area contributed by atoms with Gasteiger partial charge in [0.25, 0.3) is 0 Å². The van der Waals surface area contributed by atoms with Gasteiger partial charge in [0.05, 0.1) is 19.3 Å². The van der Waals surface area contributed by atoms with Gasteiger partial charge in [-0.3, -0.25) is 0 Å². The van der Waals surface area contributed by atoms with Crippen LogP contribution in [0.15, 0.2) is 0 Å². The Morgan fingerprint density at radius 3 is 2.69 bits per heavy atom. The van der Waals surface area contributed by atoms with Crippen LogP contribution in [0.1, 0.15) is 6.92 Å². The van der Waals surface area contributed by atoms with Gasteiger partial charge in [0.2, 0.25) is 0 Å². The molecular weight excluding hydrogens is 172 g/mol. The van der Waals surface area contributed by atoms with Gasteiger partial charge >= 0.3 is 0 Å². The molecule has 0 aromatic carbocycles. The summed E-state index contributed by atoms with van der Waals surface area (Å²) >= 11 is 0. The van der Waals surface area contributed by atoms with E-state index in [0.29, 0.717) is 13.2 Å². The number of methoxy groups -OCH3 is 2. The molecule has 0 bridgehead atoms. The quantitative estimate of drug-likeness (QED) is 0.683. The summed E-state index contributed by atoms with van der Waals surface area (Å²) in [5.74, 6) is 0.123. The second kappa shape index (κ2) is 4.91. The van der Waals surface area contributed by atoms with Crippen molar-refractivity contribution in [2.75, 3.05) is 27.4 Å². The first-order valence-corrected chi connectivity index (χ1v) is 4.52. The highest BCUT2D eigenvalue weighted by Gasteiger charge is 2.37. The monoisotopic (exact) mass is 190 g/mol. The molecule has 0 aromatic heterocycles. The first-order valence-electron chi connectivity index (χ1n) is 4.52. The van der Waals surface area contributed by atoms with Crippen LogP contribution < -0.4 is 0 Å². The summed E-state index contributed by atoms with van der Waals surface area (Å²) < 4.78 is 15.7. The molecule has 1 saturated heterocycles. The maximum Gasteiger partial charge on any atom is 0.112 e. The van der Waals surface area contributed by atoms with E-state index in [4.69, 9.17) is 14.2 Å². The van der Waals surface area contributed by atoms with Gasteiger partial charge in [-0.05, 0) is 0 Å². The van der Waals surface area contributed by atoms with E-state index in [9.17, 15) is 5.11 Å². The van der Waals surface area contributed by atoms with E-state index in [0.717, 1.165) is 0 Å².